The van der Waals surface area contributed by atoms with Crippen LogP contribution >= 0.6 is 11.6 Å². The van der Waals surface area contributed by atoms with Crippen molar-refractivity contribution in [3.63, 3.8) is 0 Å². The van der Waals surface area contributed by atoms with Crippen molar-refractivity contribution in [1.82, 2.24) is 0 Å². The second-order valence-corrected chi connectivity index (χ2v) is 5.71. The average molecular weight is 231 g/mol. The lowest BCUT2D eigenvalue weighted by Crippen LogP contribution is -2.25. The molecule has 0 spiro atoms. The smallest absolute Gasteiger partial charge is 0.0280 e. The van der Waals surface area contributed by atoms with Crippen LogP contribution in [0, 0.1) is 11.3 Å². The fourth-order valence-electron chi connectivity index (χ4n) is 3.02. The standard InChI is InChI=1S/C14H27Cl/c1-3-5-10-14(4-2,12-15)11-13-8-6-7-9-13/h13H,3-12H2,1-2H3. The van der Waals surface area contributed by atoms with Gasteiger partial charge in [0.2, 0.25) is 0 Å². The highest BCUT2D eigenvalue weighted by Gasteiger charge is 2.31. The molecule has 1 rings (SSSR count). The van der Waals surface area contributed by atoms with Crippen LogP contribution in [0.3, 0.4) is 0 Å². The summed E-state index contributed by atoms with van der Waals surface area (Å²) in [5.74, 6) is 1.86. The summed E-state index contributed by atoms with van der Waals surface area (Å²) >= 11 is 6.24. The minimum Gasteiger partial charge on any atom is -0.126 e. The topological polar surface area (TPSA) is 0 Å². The van der Waals surface area contributed by atoms with Crippen LogP contribution in [-0.4, -0.2) is 5.88 Å². The van der Waals surface area contributed by atoms with Gasteiger partial charge in [0, 0.05) is 5.88 Å². The zero-order valence-corrected chi connectivity index (χ0v) is 11.3. The maximum absolute atomic E-state index is 6.24. The molecule has 1 heteroatoms. The molecule has 0 aromatic carbocycles. The number of alkyl halides is 1. The van der Waals surface area contributed by atoms with Crippen molar-refractivity contribution < 1.29 is 0 Å². The van der Waals surface area contributed by atoms with Crippen molar-refractivity contribution in [2.24, 2.45) is 11.3 Å². The highest BCUT2D eigenvalue weighted by atomic mass is 35.5. The van der Waals surface area contributed by atoms with Crippen LogP contribution in [-0.2, 0) is 0 Å². The normalized spacial score (nSPS) is 21.8. The Morgan fingerprint density at radius 1 is 1.20 bits per heavy atom. The third-order valence-corrected chi connectivity index (χ3v) is 4.86. The Kier molecular flexibility index (Phi) is 6.04. The summed E-state index contributed by atoms with van der Waals surface area (Å²) in [6.07, 6.45) is 12.5. The first-order valence-corrected chi connectivity index (χ1v) is 7.35. The first kappa shape index (κ1) is 13.4. The molecule has 15 heavy (non-hydrogen) atoms. The van der Waals surface area contributed by atoms with Crippen LogP contribution in [0.15, 0.2) is 0 Å². The summed E-state index contributed by atoms with van der Waals surface area (Å²) in [6, 6.07) is 0. The van der Waals surface area contributed by atoms with Crippen molar-refractivity contribution in [3.05, 3.63) is 0 Å². The van der Waals surface area contributed by atoms with E-state index in [1.54, 1.807) is 0 Å². The van der Waals surface area contributed by atoms with Crippen molar-refractivity contribution in [3.8, 4) is 0 Å². The predicted molar refractivity (Wildman–Crippen MR) is 69.5 cm³/mol. The monoisotopic (exact) mass is 230 g/mol. The fourth-order valence-corrected chi connectivity index (χ4v) is 3.45. The minimum absolute atomic E-state index is 0.465. The third-order valence-electron chi connectivity index (χ3n) is 4.29. The van der Waals surface area contributed by atoms with Gasteiger partial charge >= 0.3 is 0 Å². The zero-order chi connectivity index (χ0) is 11.1. The first-order valence-electron chi connectivity index (χ1n) is 6.82. The van der Waals surface area contributed by atoms with E-state index in [0.717, 1.165) is 11.8 Å². The second kappa shape index (κ2) is 6.78. The van der Waals surface area contributed by atoms with Gasteiger partial charge in [-0.1, -0.05) is 52.4 Å². The number of unbranched alkanes of at least 4 members (excludes halogenated alkanes) is 1. The van der Waals surface area contributed by atoms with Gasteiger partial charge in [0.15, 0.2) is 0 Å². The van der Waals surface area contributed by atoms with Crippen molar-refractivity contribution >= 4 is 11.6 Å². The van der Waals surface area contributed by atoms with E-state index in [2.05, 4.69) is 13.8 Å². The van der Waals surface area contributed by atoms with Crippen LogP contribution < -0.4 is 0 Å². The van der Waals surface area contributed by atoms with E-state index < -0.39 is 0 Å². The second-order valence-electron chi connectivity index (χ2n) is 5.45. The van der Waals surface area contributed by atoms with E-state index in [9.17, 15) is 0 Å². The molecule has 0 bridgehead atoms. The molecule has 1 unspecified atom stereocenters. The Hall–Kier alpha value is 0.290. The number of hydrogen-bond acceptors (Lipinski definition) is 0. The van der Waals surface area contributed by atoms with E-state index in [1.807, 2.05) is 0 Å². The minimum atomic E-state index is 0.465. The van der Waals surface area contributed by atoms with Gasteiger partial charge in [-0.05, 0) is 30.6 Å². The first-order chi connectivity index (χ1) is 7.26. The molecule has 0 nitrogen and oxygen atoms in total. The molecule has 0 heterocycles. The predicted octanol–water partition coefficient (Wildman–Crippen LogP) is 5.39. The molecule has 0 aromatic heterocycles. The zero-order valence-electron chi connectivity index (χ0n) is 10.5. The summed E-state index contributed by atoms with van der Waals surface area (Å²) in [5.41, 5.74) is 0.465. The molecule has 0 aromatic rings. The summed E-state index contributed by atoms with van der Waals surface area (Å²) in [7, 11) is 0. The molecule has 0 radical (unpaired) electrons. The Labute approximate surface area is 101 Å². The highest BCUT2D eigenvalue weighted by molar-refractivity contribution is 6.18. The van der Waals surface area contributed by atoms with Crippen molar-refractivity contribution in [2.75, 3.05) is 5.88 Å². The molecule has 1 aliphatic carbocycles. The van der Waals surface area contributed by atoms with Gasteiger partial charge in [-0.2, -0.15) is 0 Å². The van der Waals surface area contributed by atoms with Gasteiger partial charge in [-0.15, -0.1) is 11.6 Å². The van der Waals surface area contributed by atoms with Crippen LogP contribution in [0.1, 0.15) is 71.6 Å². The van der Waals surface area contributed by atoms with Crippen molar-refractivity contribution in [2.45, 2.75) is 71.6 Å². The Morgan fingerprint density at radius 3 is 2.33 bits per heavy atom. The molecule has 1 aliphatic rings. The molecule has 0 N–H and O–H groups in total. The van der Waals surface area contributed by atoms with E-state index in [4.69, 9.17) is 11.6 Å². The number of rotatable bonds is 7. The van der Waals surface area contributed by atoms with Gasteiger partial charge in [0.25, 0.3) is 0 Å². The number of hydrogen-bond donors (Lipinski definition) is 0. The van der Waals surface area contributed by atoms with Gasteiger partial charge < -0.3 is 0 Å². The molecule has 0 saturated heterocycles. The third kappa shape index (κ3) is 3.98. The maximum Gasteiger partial charge on any atom is 0.0280 e. The summed E-state index contributed by atoms with van der Waals surface area (Å²) in [5, 5.41) is 0. The lowest BCUT2D eigenvalue weighted by molar-refractivity contribution is 0.212. The molecule has 0 aliphatic heterocycles. The van der Waals surface area contributed by atoms with Crippen LogP contribution in [0.2, 0.25) is 0 Å². The summed E-state index contributed by atoms with van der Waals surface area (Å²) < 4.78 is 0. The van der Waals surface area contributed by atoms with Gasteiger partial charge in [0.1, 0.15) is 0 Å². The lowest BCUT2D eigenvalue weighted by atomic mass is 9.74. The van der Waals surface area contributed by atoms with Gasteiger partial charge in [-0.25, -0.2) is 0 Å². The molecular weight excluding hydrogens is 204 g/mol. The molecule has 1 saturated carbocycles. The van der Waals surface area contributed by atoms with E-state index in [-0.39, 0.29) is 0 Å². The van der Waals surface area contributed by atoms with E-state index in [0.29, 0.717) is 5.41 Å². The van der Waals surface area contributed by atoms with E-state index >= 15 is 0 Å². The fraction of sp³-hybridized carbons (Fsp3) is 1.00. The Bertz CT molecular complexity index is 155. The van der Waals surface area contributed by atoms with Gasteiger partial charge in [-0.3, -0.25) is 0 Å². The molecule has 1 atom stereocenters. The lowest BCUT2D eigenvalue weighted by Gasteiger charge is -2.33. The van der Waals surface area contributed by atoms with Crippen LogP contribution in [0.5, 0.6) is 0 Å². The summed E-state index contributed by atoms with van der Waals surface area (Å²) in [6.45, 7) is 4.61. The summed E-state index contributed by atoms with van der Waals surface area (Å²) in [4.78, 5) is 0. The Balaban J connectivity index is 2.45. The SMILES string of the molecule is CCCCC(CC)(CCl)CC1CCCC1. The van der Waals surface area contributed by atoms with Gasteiger partial charge in [0.05, 0.1) is 0 Å². The Morgan fingerprint density at radius 2 is 1.87 bits per heavy atom. The largest absolute Gasteiger partial charge is 0.126 e. The molecule has 0 amide bonds. The molecule has 90 valence electrons. The average Bonchev–Trinajstić information content (AvgIpc) is 2.77. The molecular formula is C14H27Cl. The van der Waals surface area contributed by atoms with E-state index in [1.165, 1.54) is 57.8 Å². The number of halogens is 1. The quantitative estimate of drug-likeness (QED) is 0.515. The highest BCUT2D eigenvalue weighted by Crippen LogP contribution is 2.41. The van der Waals surface area contributed by atoms with Crippen molar-refractivity contribution in [1.29, 1.82) is 0 Å². The maximum atomic E-state index is 6.24. The van der Waals surface area contributed by atoms with Crippen LogP contribution in [0.25, 0.3) is 0 Å². The molecule has 1 fully saturated rings. The van der Waals surface area contributed by atoms with Crippen LogP contribution in [0.4, 0.5) is 0 Å².